The summed E-state index contributed by atoms with van der Waals surface area (Å²) in [6.45, 7) is 2.61. The Labute approximate surface area is 175 Å². The van der Waals surface area contributed by atoms with E-state index >= 15 is 0 Å². The maximum absolute atomic E-state index is 13.4. The summed E-state index contributed by atoms with van der Waals surface area (Å²) in [7, 11) is 1.65. The van der Waals surface area contributed by atoms with Crippen LogP contribution in [0.3, 0.4) is 0 Å². The van der Waals surface area contributed by atoms with E-state index < -0.39 is 11.1 Å². The average molecular weight is 445 g/mol. The first-order valence-electron chi connectivity index (χ1n) is 9.19. The van der Waals surface area contributed by atoms with Gasteiger partial charge in [0.05, 0.1) is 16.9 Å². The molecule has 1 saturated heterocycles. The summed E-state index contributed by atoms with van der Waals surface area (Å²) in [5.74, 6) is 0.532. The Morgan fingerprint density at radius 3 is 2.93 bits per heavy atom. The Hall–Kier alpha value is -1.81. The number of nitrogens with one attached hydrogen (secondary N) is 2. The quantitative estimate of drug-likeness (QED) is 0.709. The minimum absolute atomic E-state index is 0.172. The van der Waals surface area contributed by atoms with Gasteiger partial charge in [-0.3, -0.25) is 0 Å². The molecule has 10 heteroatoms. The molecule has 1 aromatic heterocycles. The van der Waals surface area contributed by atoms with Gasteiger partial charge in [0.15, 0.2) is 0 Å². The van der Waals surface area contributed by atoms with Crippen molar-refractivity contribution < 1.29 is 17.9 Å². The molecule has 2 aliphatic rings. The Bertz CT molecular complexity index is 931. The molecule has 0 radical (unpaired) electrons. The molecule has 0 unspecified atom stereocenters. The molecular weight excluding hydrogens is 425 g/mol. The predicted octanol–water partition coefficient (Wildman–Crippen LogP) is 4.87. The van der Waals surface area contributed by atoms with Gasteiger partial charge in [0.1, 0.15) is 15.7 Å². The summed E-state index contributed by atoms with van der Waals surface area (Å²) < 4.78 is 45.3. The molecule has 29 heavy (non-hydrogen) atoms. The average Bonchev–Trinajstić information content (AvgIpc) is 3.04. The van der Waals surface area contributed by atoms with Crippen LogP contribution in [0.15, 0.2) is 29.3 Å². The molecule has 0 amide bonds. The van der Waals surface area contributed by atoms with Crippen LogP contribution < -0.4 is 10.6 Å². The third-order valence-electron chi connectivity index (χ3n) is 4.91. The van der Waals surface area contributed by atoms with E-state index in [2.05, 4.69) is 10.6 Å². The van der Waals surface area contributed by atoms with E-state index in [1.54, 1.807) is 25.3 Å². The van der Waals surface area contributed by atoms with Crippen molar-refractivity contribution in [2.75, 3.05) is 38.7 Å². The zero-order valence-electron chi connectivity index (χ0n) is 15.6. The fourth-order valence-electron chi connectivity index (χ4n) is 3.50. The van der Waals surface area contributed by atoms with Crippen LogP contribution >= 0.6 is 22.9 Å². The second-order valence-electron chi connectivity index (χ2n) is 6.95. The highest BCUT2D eigenvalue weighted by molar-refractivity contribution is 7.16. The number of alkyl halides is 3. The number of ether oxygens (including phenoxy) is 1. The molecule has 2 aliphatic heterocycles. The zero-order valence-corrected chi connectivity index (χ0v) is 17.2. The number of thiophene rings is 1. The number of anilines is 2. The zero-order chi connectivity index (χ0) is 20.6. The van der Waals surface area contributed by atoms with Crippen molar-refractivity contribution in [1.82, 2.24) is 10.2 Å². The lowest BCUT2D eigenvalue weighted by Gasteiger charge is -2.35. The Morgan fingerprint density at radius 2 is 2.17 bits per heavy atom. The minimum Gasteiger partial charge on any atom is -0.385 e. The van der Waals surface area contributed by atoms with Crippen LogP contribution in [-0.2, 0) is 10.9 Å². The number of piperazine rings is 1. The Morgan fingerprint density at radius 1 is 1.34 bits per heavy atom. The molecule has 1 aromatic carbocycles. The second kappa shape index (κ2) is 8.14. The number of methoxy groups -OCH3 is 1. The third kappa shape index (κ3) is 4.37. The normalized spacial score (nSPS) is 19.1. The van der Waals surface area contributed by atoms with E-state index in [0.29, 0.717) is 63.8 Å². The maximum Gasteiger partial charge on any atom is 0.425 e. The third-order valence-corrected chi connectivity index (χ3v) is 6.24. The van der Waals surface area contributed by atoms with Gasteiger partial charge in [0.2, 0.25) is 0 Å². The molecular formula is C19H20ClF3N4OS. The fourth-order valence-corrected chi connectivity index (χ4v) is 4.60. The van der Waals surface area contributed by atoms with Crippen LogP contribution in [0.1, 0.15) is 16.9 Å². The van der Waals surface area contributed by atoms with Crippen LogP contribution in [-0.4, -0.2) is 50.1 Å². The predicted molar refractivity (Wildman–Crippen MR) is 110 cm³/mol. The number of fused-ring (bicyclic) bond motifs is 2. The van der Waals surface area contributed by atoms with Gasteiger partial charge in [-0.25, -0.2) is 4.99 Å². The van der Waals surface area contributed by atoms with Crippen LogP contribution in [0.25, 0.3) is 0 Å². The molecule has 5 nitrogen and oxygen atoms in total. The molecule has 156 valence electrons. The topological polar surface area (TPSA) is 48.9 Å². The summed E-state index contributed by atoms with van der Waals surface area (Å²) in [5.41, 5.74) is 1.70. The SMILES string of the molecule is COCC[C@H]1CN(C2=Nc3cc(Cl)ccc3Nc3sc(C(F)(F)F)cc32)CCN1. The van der Waals surface area contributed by atoms with Gasteiger partial charge in [0, 0.05) is 44.4 Å². The summed E-state index contributed by atoms with van der Waals surface area (Å²) >= 11 is 6.83. The lowest BCUT2D eigenvalue weighted by Crippen LogP contribution is -2.53. The van der Waals surface area contributed by atoms with Crippen LogP contribution in [0.2, 0.25) is 5.02 Å². The highest BCUT2D eigenvalue weighted by atomic mass is 35.5. The lowest BCUT2D eigenvalue weighted by molar-refractivity contribution is -0.134. The molecule has 4 rings (SSSR count). The standard InChI is InChI=1S/C19H20ClF3N4OS/c1-28-7-4-12-10-27(6-5-24-12)17-13-9-16(19(21,22)23)29-18(13)26-14-3-2-11(20)8-15(14)25-17/h2-3,8-9,12,24,26H,4-7,10H2,1H3/t12-/m0/s1. The van der Waals surface area contributed by atoms with Crippen molar-refractivity contribution in [1.29, 1.82) is 0 Å². The molecule has 1 atom stereocenters. The maximum atomic E-state index is 13.4. The van der Waals surface area contributed by atoms with Gasteiger partial charge in [-0.05, 0) is 30.7 Å². The number of hydrogen-bond acceptors (Lipinski definition) is 6. The van der Waals surface area contributed by atoms with E-state index in [1.807, 2.05) is 4.90 Å². The van der Waals surface area contributed by atoms with Crippen molar-refractivity contribution in [2.45, 2.75) is 18.6 Å². The van der Waals surface area contributed by atoms with Crippen molar-refractivity contribution in [3.05, 3.63) is 39.7 Å². The Kier molecular flexibility index (Phi) is 5.74. The van der Waals surface area contributed by atoms with Crippen molar-refractivity contribution in [2.24, 2.45) is 4.99 Å². The fraction of sp³-hybridized carbons (Fsp3) is 0.421. The molecule has 3 heterocycles. The number of benzene rings is 1. The number of halogens is 4. The van der Waals surface area contributed by atoms with E-state index in [-0.39, 0.29) is 6.04 Å². The Balaban J connectivity index is 1.76. The smallest absolute Gasteiger partial charge is 0.385 e. The second-order valence-corrected chi connectivity index (χ2v) is 8.44. The van der Waals surface area contributed by atoms with E-state index in [9.17, 15) is 13.2 Å². The van der Waals surface area contributed by atoms with Crippen molar-refractivity contribution >= 4 is 45.1 Å². The van der Waals surface area contributed by atoms with Crippen molar-refractivity contribution in [3.63, 3.8) is 0 Å². The van der Waals surface area contributed by atoms with Crippen molar-refractivity contribution in [3.8, 4) is 0 Å². The summed E-state index contributed by atoms with van der Waals surface area (Å²) in [6, 6.07) is 6.50. The van der Waals surface area contributed by atoms with Gasteiger partial charge in [0.25, 0.3) is 0 Å². The first kappa shape index (κ1) is 20.5. The number of nitrogens with zero attached hydrogens (tertiary/aromatic N) is 2. The number of aliphatic imine (C=N–C) groups is 1. The highest BCUT2D eigenvalue weighted by Crippen LogP contribution is 2.44. The number of hydrogen-bond donors (Lipinski definition) is 2. The first-order valence-corrected chi connectivity index (χ1v) is 10.4. The van der Waals surface area contributed by atoms with Gasteiger partial charge in [-0.1, -0.05) is 11.6 Å². The molecule has 2 N–H and O–H groups in total. The van der Waals surface area contributed by atoms with Crippen LogP contribution in [0.5, 0.6) is 0 Å². The highest BCUT2D eigenvalue weighted by Gasteiger charge is 2.36. The number of amidine groups is 1. The molecule has 0 spiro atoms. The first-order chi connectivity index (χ1) is 13.8. The summed E-state index contributed by atoms with van der Waals surface area (Å²) in [4.78, 5) is 6.15. The largest absolute Gasteiger partial charge is 0.425 e. The molecule has 2 aromatic rings. The lowest BCUT2D eigenvalue weighted by atomic mass is 10.1. The monoisotopic (exact) mass is 444 g/mol. The van der Waals surface area contributed by atoms with Gasteiger partial charge >= 0.3 is 6.18 Å². The van der Waals surface area contributed by atoms with Gasteiger partial charge in [-0.2, -0.15) is 13.2 Å². The number of rotatable bonds is 3. The van der Waals surface area contributed by atoms with Crippen LogP contribution in [0, 0.1) is 0 Å². The van der Waals surface area contributed by atoms with Gasteiger partial charge in [-0.15, -0.1) is 11.3 Å². The van der Waals surface area contributed by atoms with E-state index in [4.69, 9.17) is 21.3 Å². The molecule has 1 fully saturated rings. The summed E-state index contributed by atoms with van der Waals surface area (Å²) in [6.07, 6.45) is -3.60. The summed E-state index contributed by atoms with van der Waals surface area (Å²) in [5, 5.41) is 7.51. The molecule has 0 saturated carbocycles. The van der Waals surface area contributed by atoms with Crippen LogP contribution in [0.4, 0.5) is 29.5 Å². The molecule has 0 bridgehead atoms. The molecule has 0 aliphatic carbocycles. The van der Waals surface area contributed by atoms with Gasteiger partial charge < -0.3 is 20.3 Å². The van der Waals surface area contributed by atoms with E-state index in [0.717, 1.165) is 13.0 Å². The minimum atomic E-state index is -4.41. The van der Waals surface area contributed by atoms with E-state index in [1.165, 1.54) is 6.07 Å².